The van der Waals surface area contributed by atoms with Gasteiger partial charge in [0, 0.05) is 31.5 Å². The highest BCUT2D eigenvalue weighted by molar-refractivity contribution is 7.99. The molecule has 10 nitrogen and oxygen atoms in total. The molecule has 1 aromatic heterocycles. The second-order valence-electron chi connectivity index (χ2n) is 6.65. The lowest BCUT2D eigenvalue weighted by molar-refractivity contribution is -0.125. The number of aromatic amines is 1. The minimum Gasteiger partial charge on any atom is -0.497 e. The lowest BCUT2D eigenvalue weighted by atomic mass is 9.99. The average molecular weight is 456 g/mol. The molecule has 2 N–H and O–H groups in total. The van der Waals surface area contributed by atoms with Crippen LogP contribution >= 0.6 is 11.8 Å². The van der Waals surface area contributed by atoms with Crippen LogP contribution in [0.25, 0.3) is 0 Å². The summed E-state index contributed by atoms with van der Waals surface area (Å²) in [6.07, 6.45) is 2.67. The van der Waals surface area contributed by atoms with E-state index < -0.39 is 15.9 Å². The van der Waals surface area contributed by atoms with Crippen LogP contribution in [0.2, 0.25) is 0 Å². The summed E-state index contributed by atoms with van der Waals surface area (Å²) >= 11 is 1.45. The maximum absolute atomic E-state index is 13.2. The molecule has 1 aliphatic heterocycles. The molecule has 1 saturated heterocycles. The van der Waals surface area contributed by atoms with Crippen LogP contribution in [0, 0.1) is 5.92 Å². The van der Waals surface area contributed by atoms with Gasteiger partial charge in [0.25, 0.3) is 0 Å². The minimum absolute atomic E-state index is 0.0360. The summed E-state index contributed by atoms with van der Waals surface area (Å²) in [5.41, 5.74) is 0. The lowest BCUT2D eigenvalue weighted by Crippen LogP contribution is -2.45. The summed E-state index contributed by atoms with van der Waals surface area (Å²) < 4.78 is 38.2. The van der Waals surface area contributed by atoms with Gasteiger partial charge in [0.15, 0.2) is 5.16 Å². The van der Waals surface area contributed by atoms with Gasteiger partial charge in [0.2, 0.25) is 15.9 Å². The molecule has 30 heavy (non-hydrogen) atoms. The number of methoxy groups -OCH3 is 2. The Bertz CT molecular complexity index is 952. The third-order valence-electron chi connectivity index (χ3n) is 4.78. The molecule has 12 heteroatoms. The van der Waals surface area contributed by atoms with Gasteiger partial charge in [-0.3, -0.25) is 9.89 Å². The number of nitrogens with zero attached hydrogens (tertiary/aromatic N) is 3. The molecule has 0 spiro atoms. The SMILES string of the molecule is COc1ccc(OC)c(S(=O)(=O)N2CCCC(C(=O)NCCSc3ncn[nH]3)C2)c1. The molecule has 1 fully saturated rings. The van der Waals surface area contributed by atoms with Crippen LogP contribution in [0.3, 0.4) is 0 Å². The zero-order valence-corrected chi connectivity index (χ0v) is 18.5. The van der Waals surface area contributed by atoms with Gasteiger partial charge in [-0.1, -0.05) is 11.8 Å². The van der Waals surface area contributed by atoms with Gasteiger partial charge in [-0.15, -0.1) is 0 Å². The number of H-pyrrole nitrogens is 1. The number of carbonyl (C=O) groups excluding carboxylic acids is 1. The van der Waals surface area contributed by atoms with E-state index in [0.717, 1.165) is 0 Å². The van der Waals surface area contributed by atoms with Gasteiger partial charge in [-0.2, -0.15) is 9.40 Å². The zero-order valence-electron chi connectivity index (χ0n) is 16.8. The van der Waals surface area contributed by atoms with E-state index in [-0.39, 0.29) is 23.1 Å². The maximum Gasteiger partial charge on any atom is 0.246 e. The van der Waals surface area contributed by atoms with E-state index >= 15 is 0 Å². The summed E-state index contributed by atoms with van der Waals surface area (Å²) in [4.78, 5) is 16.6. The van der Waals surface area contributed by atoms with E-state index in [1.165, 1.54) is 42.7 Å². The Balaban J connectivity index is 1.62. The Morgan fingerprint density at radius 1 is 1.37 bits per heavy atom. The number of hydrogen-bond acceptors (Lipinski definition) is 8. The minimum atomic E-state index is -3.83. The Morgan fingerprint density at radius 3 is 2.90 bits per heavy atom. The van der Waals surface area contributed by atoms with Crippen LogP contribution < -0.4 is 14.8 Å². The number of sulfonamides is 1. The molecule has 0 radical (unpaired) electrons. The highest BCUT2D eigenvalue weighted by Crippen LogP contribution is 2.32. The van der Waals surface area contributed by atoms with Gasteiger partial charge in [0.1, 0.15) is 22.7 Å². The largest absolute Gasteiger partial charge is 0.497 e. The van der Waals surface area contributed by atoms with Crippen LogP contribution in [0.1, 0.15) is 12.8 Å². The predicted octanol–water partition coefficient (Wildman–Crippen LogP) is 1.13. The number of carbonyl (C=O) groups is 1. The van der Waals surface area contributed by atoms with Crippen molar-refractivity contribution in [2.45, 2.75) is 22.9 Å². The summed E-state index contributed by atoms with van der Waals surface area (Å²) in [5.74, 6) is 0.749. The van der Waals surface area contributed by atoms with Crippen LogP contribution in [-0.2, 0) is 14.8 Å². The number of amides is 1. The number of aromatic nitrogens is 3. The van der Waals surface area contributed by atoms with Crippen LogP contribution in [-0.4, -0.2) is 73.4 Å². The van der Waals surface area contributed by atoms with Gasteiger partial charge in [-0.05, 0) is 25.0 Å². The summed E-state index contributed by atoms with van der Waals surface area (Å²) in [7, 11) is -0.941. The quantitative estimate of drug-likeness (QED) is 0.426. The number of nitrogens with one attached hydrogen (secondary N) is 2. The standard InChI is InChI=1S/C18H25N5O5S2/c1-27-14-5-6-15(28-2)16(10-14)30(25,26)23-8-3-4-13(11-23)17(24)19-7-9-29-18-20-12-21-22-18/h5-6,10,12-13H,3-4,7-9,11H2,1-2H3,(H,19,24)(H,20,21,22). The Labute approximate surface area is 179 Å². The van der Waals surface area contributed by atoms with E-state index in [0.29, 0.717) is 42.6 Å². The van der Waals surface area contributed by atoms with Crippen molar-refractivity contribution in [3.63, 3.8) is 0 Å². The fourth-order valence-electron chi connectivity index (χ4n) is 3.23. The van der Waals surface area contributed by atoms with Gasteiger partial charge >= 0.3 is 0 Å². The Kier molecular flexibility index (Phi) is 7.56. The first-order valence-corrected chi connectivity index (χ1v) is 11.9. The van der Waals surface area contributed by atoms with Crippen molar-refractivity contribution >= 4 is 27.7 Å². The molecule has 0 bridgehead atoms. The Hall–Kier alpha value is -2.31. The topological polar surface area (TPSA) is 127 Å². The molecule has 0 aliphatic carbocycles. The van der Waals surface area contributed by atoms with E-state index in [9.17, 15) is 13.2 Å². The molecule has 3 rings (SSSR count). The second-order valence-corrected chi connectivity index (χ2v) is 9.64. The molecule has 0 saturated carbocycles. The number of rotatable bonds is 9. The lowest BCUT2D eigenvalue weighted by Gasteiger charge is -2.31. The maximum atomic E-state index is 13.2. The van der Waals surface area contributed by atoms with Crippen LogP contribution in [0.4, 0.5) is 0 Å². The highest BCUT2D eigenvalue weighted by atomic mass is 32.2. The van der Waals surface area contributed by atoms with Crippen molar-refractivity contribution in [2.75, 3.05) is 39.6 Å². The molecule has 1 unspecified atom stereocenters. The van der Waals surface area contributed by atoms with Crippen molar-refractivity contribution in [1.29, 1.82) is 0 Å². The number of thioether (sulfide) groups is 1. The molecule has 164 valence electrons. The summed E-state index contributed by atoms with van der Waals surface area (Å²) in [6, 6.07) is 4.64. The van der Waals surface area contributed by atoms with Crippen LogP contribution in [0.5, 0.6) is 11.5 Å². The summed E-state index contributed by atoms with van der Waals surface area (Å²) in [5, 5.41) is 10.1. The van der Waals surface area contributed by atoms with Crippen molar-refractivity contribution < 1.29 is 22.7 Å². The van der Waals surface area contributed by atoms with Crippen molar-refractivity contribution in [1.82, 2.24) is 24.8 Å². The first kappa shape index (κ1) is 22.4. The predicted molar refractivity (Wildman–Crippen MR) is 111 cm³/mol. The van der Waals surface area contributed by atoms with Gasteiger partial charge in [-0.25, -0.2) is 13.4 Å². The molecule has 1 aromatic carbocycles. The monoisotopic (exact) mass is 455 g/mol. The first-order valence-electron chi connectivity index (χ1n) is 9.43. The highest BCUT2D eigenvalue weighted by Gasteiger charge is 2.35. The van der Waals surface area contributed by atoms with Crippen LogP contribution in [0.15, 0.2) is 34.6 Å². The molecule has 1 aliphatic rings. The second kappa shape index (κ2) is 10.1. The third kappa shape index (κ3) is 5.24. The first-order chi connectivity index (χ1) is 14.5. The smallest absolute Gasteiger partial charge is 0.246 e. The fraction of sp³-hybridized carbons (Fsp3) is 0.500. The van der Waals surface area contributed by atoms with E-state index in [1.807, 2.05) is 0 Å². The molecule has 1 atom stereocenters. The molecular weight excluding hydrogens is 430 g/mol. The number of benzene rings is 1. The number of hydrogen-bond donors (Lipinski definition) is 2. The Morgan fingerprint density at radius 2 is 2.20 bits per heavy atom. The number of piperidine rings is 1. The molecular formula is C18H25N5O5S2. The van der Waals surface area contributed by atoms with E-state index in [1.54, 1.807) is 12.1 Å². The molecule has 1 amide bonds. The third-order valence-corrected chi connectivity index (χ3v) is 7.54. The zero-order chi connectivity index (χ0) is 21.6. The van der Waals surface area contributed by atoms with Gasteiger partial charge < -0.3 is 14.8 Å². The van der Waals surface area contributed by atoms with Crippen molar-refractivity contribution in [3.05, 3.63) is 24.5 Å². The van der Waals surface area contributed by atoms with E-state index in [2.05, 4.69) is 20.5 Å². The average Bonchev–Trinajstić information content (AvgIpc) is 3.29. The summed E-state index contributed by atoms with van der Waals surface area (Å²) in [6.45, 7) is 0.939. The fourth-order valence-corrected chi connectivity index (χ4v) is 5.56. The molecule has 2 aromatic rings. The van der Waals surface area contributed by atoms with E-state index in [4.69, 9.17) is 9.47 Å². The number of ether oxygens (including phenoxy) is 2. The van der Waals surface area contributed by atoms with Gasteiger partial charge in [0.05, 0.1) is 20.1 Å². The molecule has 2 heterocycles. The van der Waals surface area contributed by atoms with Crippen molar-refractivity contribution in [2.24, 2.45) is 5.92 Å². The normalized spacial score (nSPS) is 17.5. The van der Waals surface area contributed by atoms with Crippen molar-refractivity contribution in [3.8, 4) is 11.5 Å².